The lowest BCUT2D eigenvalue weighted by atomic mass is 10.2. The fourth-order valence-corrected chi connectivity index (χ4v) is 2.44. The number of hydrogen-bond acceptors (Lipinski definition) is 3. The first-order valence-electron chi connectivity index (χ1n) is 6.42. The maximum absolute atomic E-state index is 11.6. The molecule has 0 spiro atoms. The Labute approximate surface area is 124 Å². The van der Waals surface area contributed by atoms with Crippen molar-refractivity contribution in [3.8, 4) is 0 Å². The maximum atomic E-state index is 11.6. The van der Waals surface area contributed by atoms with Gasteiger partial charge < -0.3 is 15.0 Å². The van der Waals surface area contributed by atoms with Crippen molar-refractivity contribution in [3.63, 3.8) is 0 Å². The fourth-order valence-electron chi connectivity index (χ4n) is 2.17. The molecule has 2 aromatic rings. The van der Waals surface area contributed by atoms with Gasteiger partial charge >= 0.3 is 5.97 Å². The Hall–Kier alpha value is -1.82. The summed E-state index contributed by atoms with van der Waals surface area (Å²) in [5.74, 6) is -0.907. The third-order valence-electron chi connectivity index (χ3n) is 3.33. The van der Waals surface area contributed by atoms with Crippen LogP contribution in [0.4, 0.5) is 5.69 Å². The number of imidazole rings is 1. The van der Waals surface area contributed by atoms with E-state index in [1.165, 1.54) is 0 Å². The summed E-state index contributed by atoms with van der Waals surface area (Å²) in [6, 6.07) is 7.05. The average molecular weight is 336 g/mol. The summed E-state index contributed by atoms with van der Waals surface area (Å²) in [7, 11) is 0. The zero-order valence-corrected chi connectivity index (χ0v) is 12.2. The van der Waals surface area contributed by atoms with Crippen LogP contribution in [0.5, 0.6) is 0 Å². The third-order valence-corrected chi connectivity index (χ3v) is 3.86. The molecule has 1 aliphatic rings. The minimum Gasteiger partial charge on any atom is -0.479 e. The van der Waals surface area contributed by atoms with Crippen LogP contribution in [-0.4, -0.2) is 20.6 Å². The van der Waals surface area contributed by atoms with Crippen LogP contribution < -0.4 is 5.32 Å². The van der Waals surface area contributed by atoms with E-state index in [0.717, 1.165) is 23.0 Å². The Morgan fingerprint density at radius 3 is 2.70 bits per heavy atom. The van der Waals surface area contributed by atoms with Crippen molar-refractivity contribution in [2.45, 2.75) is 24.9 Å². The van der Waals surface area contributed by atoms with Gasteiger partial charge in [-0.1, -0.05) is 15.9 Å². The van der Waals surface area contributed by atoms with Crippen molar-refractivity contribution in [2.24, 2.45) is 0 Å². The first kappa shape index (κ1) is 13.2. The number of halogens is 1. The molecule has 1 fully saturated rings. The number of rotatable bonds is 5. The van der Waals surface area contributed by atoms with Crippen LogP contribution in [0.3, 0.4) is 0 Å². The van der Waals surface area contributed by atoms with Crippen LogP contribution in [0.2, 0.25) is 0 Å². The highest BCUT2D eigenvalue weighted by Crippen LogP contribution is 2.37. The predicted octanol–water partition coefficient (Wildman–Crippen LogP) is 3.22. The zero-order chi connectivity index (χ0) is 14.1. The van der Waals surface area contributed by atoms with Gasteiger partial charge in [0, 0.05) is 16.2 Å². The Kier molecular flexibility index (Phi) is 3.48. The summed E-state index contributed by atoms with van der Waals surface area (Å²) in [6.45, 7) is 0. The molecule has 20 heavy (non-hydrogen) atoms. The lowest BCUT2D eigenvalue weighted by molar-refractivity contribution is -0.138. The summed E-state index contributed by atoms with van der Waals surface area (Å²) < 4.78 is 2.92. The molecule has 1 atom stereocenters. The molecule has 6 heteroatoms. The SMILES string of the molecule is O=C(O)C(Nc1ccc(Br)cc1)c1cncn1C1CC1. The van der Waals surface area contributed by atoms with E-state index in [1.54, 1.807) is 12.5 Å². The second kappa shape index (κ2) is 5.28. The highest BCUT2D eigenvalue weighted by molar-refractivity contribution is 9.10. The number of benzene rings is 1. The Morgan fingerprint density at radius 1 is 1.40 bits per heavy atom. The standard InChI is InChI=1S/C14H14BrN3O2/c15-9-1-3-10(4-2-9)17-13(14(19)20)12-7-16-8-18(12)11-5-6-11/h1-4,7-8,11,13,17H,5-6H2,(H,19,20). The number of anilines is 1. The number of carboxylic acids is 1. The Balaban J connectivity index is 1.87. The molecule has 2 N–H and O–H groups in total. The van der Waals surface area contributed by atoms with Gasteiger partial charge in [-0.05, 0) is 37.1 Å². The van der Waals surface area contributed by atoms with E-state index in [1.807, 2.05) is 28.8 Å². The first-order valence-corrected chi connectivity index (χ1v) is 7.21. The van der Waals surface area contributed by atoms with E-state index in [0.29, 0.717) is 11.7 Å². The molecule has 1 aliphatic carbocycles. The average Bonchev–Trinajstić information content (AvgIpc) is 3.16. The predicted molar refractivity (Wildman–Crippen MR) is 78.6 cm³/mol. The number of aromatic nitrogens is 2. The summed E-state index contributed by atoms with van der Waals surface area (Å²) in [6.07, 6.45) is 5.52. The number of hydrogen-bond donors (Lipinski definition) is 2. The van der Waals surface area contributed by atoms with E-state index in [4.69, 9.17) is 0 Å². The van der Waals surface area contributed by atoms with E-state index < -0.39 is 12.0 Å². The summed E-state index contributed by atoms with van der Waals surface area (Å²) in [5, 5.41) is 12.5. The highest BCUT2D eigenvalue weighted by atomic mass is 79.9. The number of aliphatic carboxylic acids is 1. The Morgan fingerprint density at radius 2 is 2.10 bits per heavy atom. The summed E-state index contributed by atoms with van der Waals surface area (Å²) >= 11 is 3.36. The minimum atomic E-state index is -0.907. The molecule has 0 bridgehead atoms. The van der Waals surface area contributed by atoms with Crippen LogP contribution in [-0.2, 0) is 4.79 Å². The molecule has 1 unspecified atom stereocenters. The molecule has 1 saturated carbocycles. The third kappa shape index (κ3) is 2.70. The molecule has 104 valence electrons. The molecular formula is C14H14BrN3O2. The van der Waals surface area contributed by atoms with Crippen molar-refractivity contribution in [2.75, 3.05) is 5.32 Å². The minimum absolute atomic E-state index is 0.404. The molecule has 1 aromatic carbocycles. The second-order valence-electron chi connectivity index (χ2n) is 4.88. The number of carboxylic acid groups (broad SMARTS) is 1. The second-order valence-corrected chi connectivity index (χ2v) is 5.80. The largest absolute Gasteiger partial charge is 0.479 e. The van der Waals surface area contributed by atoms with Crippen LogP contribution in [0.15, 0.2) is 41.3 Å². The van der Waals surface area contributed by atoms with Crippen LogP contribution in [0.25, 0.3) is 0 Å². The van der Waals surface area contributed by atoms with Gasteiger partial charge in [0.25, 0.3) is 0 Å². The molecular weight excluding hydrogens is 322 g/mol. The van der Waals surface area contributed by atoms with Gasteiger partial charge in [-0.3, -0.25) is 0 Å². The van der Waals surface area contributed by atoms with E-state index in [-0.39, 0.29) is 0 Å². The van der Waals surface area contributed by atoms with Crippen molar-refractivity contribution in [1.82, 2.24) is 9.55 Å². The van der Waals surface area contributed by atoms with Gasteiger partial charge in [-0.25, -0.2) is 9.78 Å². The van der Waals surface area contributed by atoms with Gasteiger partial charge in [0.2, 0.25) is 0 Å². The van der Waals surface area contributed by atoms with Crippen LogP contribution in [0.1, 0.15) is 30.6 Å². The van der Waals surface area contributed by atoms with Gasteiger partial charge in [0.1, 0.15) is 0 Å². The molecule has 1 aromatic heterocycles. The quantitative estimate of drug-likeness (QED) is 0.880. The molecule has 0 saturated heterocycles. The van der Waals surface area contributed by atoms with Crippen LogP contribution in [0, 0.1) is 0 Å². The highest BCUT2D eigenvalue weighted by Gasteiger charge is 2.30. The number of nitrogens with one attached hydrogen (secondary N) is 1. The van der Waals surface area contributed by atoms with Gasteiger partial charge in [-0.2, -0.15) is 0 Å². The van der Waals surface area contributed by atoms with E-state index in [9.17, 15) is 9.90 Å². The van der Waals surface area contributed by atoms with E-state index >= 15 is 0 Å². The maximum Gasteiger partial charge on any atom is 0.332 e. The smallest absolute Gasteiger partial charge is 0.332 e. The molecule has 1 heterocycles. The normalized spacial score (nSPS) is 15.8. The van der Waals surface area contributed by atoms with Gasteiger partial charge in [0.05, 0.1) is 18.2 Å². The Bertz CT molecular complexity index is 620. The van der Waals surface area contributed by atoms with Crippen molar-refractivity contribution in [3.05, 3.63) is 47.0 Å². The van der Waals surface area contributed by atoms with E-state index in [2.05, 4.69) is 26.2 Å². The summed E-state index contributed by atoms with van der Waals surface area (Å²) in [4.78, 5) is 15.6. The topological polar surface area (TPSA) is 67.2 Å². The lowest BCUT2D eigenvalue weighted by Gasteiger charge is -2.17. The first-order chi connectivity index (χ1) is 9.65. The molecule has 5 nitrogen and oxygen atoms in total. The lowest BCUT2D eigenvalue weighted by Crippen LogP contribution is -2.23. The van der Waals surface area contributed by atoms with Gasteiger partial charge in [0.15, 0.2) is 6.04 Å². The molecule has 0 aliphatic heterocycles. The van der Waals surface area contributed by atoms with Gasteiger partial charge in [-0.15, -0.1) is 0 Å². The number of carbonyl (C=O) groups is 1. The van der Waals surface area contributed by atoms with Crippen molar-refractivity contribution in [1.29, 1.82) is 0 Å². The van der Waals surface area contributed by atoms with Crippen LogP contribution >= 0.6 is 15.9 Å². The van der Waals surface area contributed by atoms with Crippen molar-refractivity contribution < 1.29 is 9.90 Å². The number of nitrogens with zero attached hydrogens (tertiary/aromatic N) is 2. The molecule has 0 radical (unpaired) electrons. The molecule has 0 amide bonds. The zero-order valence-electron chi connectivity index (χ0n) is 10.7. The summed E-state index contributed by atoms with van der Waals surface area (Å²) in [5.41, 5.74) is 1.46. The fraction of sp³-hybridized carbons (Fsp3) is 0.286. The monoisotopic (exact) mass is 335 g/mol. The molecule has 3 rings (SSSR count). The van der Waals surface area contributed by atoms with Crippen molar-refractivity contribution >= 4 is 27.6 Å².